The van der Waals surface area contributed by atoms with Gasteiger partial charge in [-0.1, -0.05) is 54.6 Å². The van der Waals surface area contributed by atoms with Gasteiger partial charge in [-0.05, 0) is 17.7 Å². The molecule has 1 aliphatic heterocycles. The molecule has 1 nitrogen and oxygen atoms in total. The van der Waals surface area contributed by atoms with Crippen molar-refractivity contribution in [3.05, 3.63) is 101 Å². The lowest BCUT2D eigenvalue weighted by atomic mass is 9.92. The van der Waals surface area contributed by atoms with Gasteiger partial charge in [-0.3, -0.25) is 0 Å². The van der Waals surface area contributed by atoms with E-state index in [1.807, 2.05) is 12.1 Å². The van der Waals surface area contributed by atoms with Gasteiger partial charge in [0.2, 0.25) is 0 Å². The minimum atomic E-state index is 1.05. The number of nitrogens with zero attached hydrogens (tertiary/aromatic N) is 1. The fraction of sp³-hybridized carbons (Fsp3) is 0. The first-order valence-corrected chi connectivity index (χ1v) is 6.76. The minimum Gasteiger partial charge on any atom is -0.0622 e. The predicted octanol–water partition coefficient (Wildman–Crippen LogP) is 2.53. The highest BCUT2D eigenvalue weighted by Crippen LogP contribution is 2.27. The highest BCUT2D eigenvalue weighted by atomic mass is 14.7. The van der Waals surface area contributed by atoms with Crippen LogP contribution < -0.4 is 15.6 Å². The van der Waals surface area contributed by atoms with Crippen LogP contribution in [0.1, 0.15) is 11.1 Å². The third-order valence-corrected chi connectivity index (χ3v) is 3.65. The molecule has 1 aliphatic rings. The molecule has 0 fully saturated rings. The Labute approximate surface area is 117 Å². The van der Waals surface area contributed by atoms with Crippen molar-refractivity contribution >= 4 is 11.3 Å². The first kappa shape index (κ1) is 11.2. The van der Waals surface area contributed by atoms with E-state index in [9.17, 15) is 0 Å². The van der Waals surface area contributed by atoms with Crippen molar-refractivity contribution in [2.24, 2.45) is 0 Å². The van der Waals surface area contributed by atoms with Gasteiger partial charge in [0, 0.05) is 17.7 Å². The molecule has 0 aromatic heterocycles. The molecule has 0 unspecified atom stereocenters. The third kappa shape index (κ3) is 1.68. The minimum absolute atomic E-state index is 1.05. The summed E-state index contributed by atoms with van der Waals surface area (Å²) in [4.78, 5) is 4.76. The second-order valence-electron chi connectivity index (χ2n) is 4.89. The largest absolute Gasteiger partial charge is 0.285 e. The Morgan fingerprint density at radius 1 is 0.600 bits per heavy atom. The Morgan fingerprint density at radius 2 is 1.30 bits per heavy atom. The van der Waals surface area contributed by atoms with E-state index in [1.165, 1.54) is 21.9 Å². The summed E-state index contributed by atoms with van der Waals surface area (Å²) in [5.41, 5.74) is 4.76. The van der Waals surface area contributed by atoms with Crippen LogP contribution in [0.15, 0.2) is 78.9 Å². The Bertz CT molecular complexity index is 892. The van der Waals surface area contributed by atoms with Crippen molar-refractivity contribution in [1.82, 2.24) is 4.99 Å². The molecular formula is C19H13N+. The molecule has 0 bridgehead atoms. The van der Waals surface area contributed by atoms with E-state index in [2.05, 4.69) is 66.7 Å². The Kier molecular flexibility index (Phi) is 2.49. The highest BCUT2D eigenvalue weighted by molar-refractivity contribution is 5.85. The highest BCUT2D eigenvalue weighted by Gasteiger charge is 2.22. The molecule has 93 valence electrons. The van der Waals surface area contributed by atoms with E-state index in [1.54, 1.807) is 0 Å². The molecule has 1 heterocycles. The number of rotatable bonds is 1. The maximum absolute atomic E-state index is 4.76. The maximum atomic E-state index is 4.76. The van der Waals surface area contributed by atoms with Crippen LogP contribution >= 0.6 is 0 Å². The van der Waals surface area contributed by atoms with Crippen molar-refractivity contribution in [3.8, 4) is 0 Å². The molecule has 20 heavy (non-hydrogen) atoms. The van der Waals surface area contributed by atoms with E-state index < -0.39 is 0 Å². The van der Waals surface area contributed by atoms with Gasteiger partial charge in [0.25, 0.3) is 11.0 Å². The number of hydrogen-bond acceptors (Lipinski definition) is 1. The Hall–Kier alpha value is -2.67. The van der Waals surface area contributed by atoms with Crippen molar-refractivity contribution in [2.75, 3.05) is 0 Å². The zero-order valence-corrected chi connectivity index (χ0v) is 11.0. The second-order valence-corrected chi connectivity index (χ2v) is 4.89. The summed E-state index contributed by atoms with van der Waals surface area (Å²) in [6, 6.07) is 27.2. The van der Waals surface area contributed by atoms with Crippen LogP contribution in [0.5, 0.6) is 0 Å². The molecular weight excluding hydrogens is 242 g/mol. The quantitative estimate of drug-likeness (QED) is 0.496. The predicted molar refractivity (Wildman–Crippen MR) is 81.1 cm³/mol. The van der Waals surface area contributed by atoms with Crippen LogP contribution in [0.4, 0.5) is 5.69 Å². The van der Waals surface area contributed by atoms with E-state index in [4.69, 9.17) is 4.99 Å². The summed E-state index contributed by atoms with van der Waals surface area (Å²) in [7, 11) is 0. The van der Waals surface area contributed by atoms with E-state index in [0.717, 1.165) is 11.0 Å². The van der Waals surface area contributed by atoms with Crippen LogP contribution in [-0.2, 0) is 0 Å². The van der Waals surface area contributed by atoms with E-state index in [0.29, 0.717) is 0 Å². The fourth-order valence-electron chi connectivity index (χ4n) is 2.76. The first-order chi connectivity index (χ1) is 9.93. The zero-order valence-electron chi connectivity index (χ0n) is 11.0. The van der Waals surface area contributed by atoms with Gasteiger partial charge >= 0.3 is 0 Å². The van der Waals surface area contributed by atoms with Gasteiger partial charge in [-0.15, -0.1) is 0 Å². The Balaban J connectivity index is 2.18. The molecule has 0 aliphatic carbocycles. The van der Waals surface area contributed by atoms with Gasteiger partial charge in [0.1, 0.15) is 0 Å². The lowest BCUT2D eigenvalue weighted by molar-refractivity contribution is 1.15. The van der Waals surface area contributed by atoms with Gasteiger partial charge in [-0.25, -0.2) is 0 Å². The molecule has 0 saturated carbocycles. The van der Waals surface area contributed by atoms with Crippen LogP contribution in [0.2, 0.25) is 0 Å². The lowest BCUT2D eigenvalue weighted by Gasteiger charge is -2.09. The van der Waals surface area contributed by atoms with Crippen LogP contribution in [0.3, 0.4) is 0 Å². The number of hydrogen-bond donors (Lipinski definition) is 0. The average Bonchev–Trinajstić information content (AvgIpc) is 2.53. The van der Waals surface area contributed by atoms with Crippen LogP contribution in [0.25, 0.3) is 5.57 Å². The molecule has 0 N–H and O–H groups in total. The smallest absolute Gasteiger partial charge is 0.0622 e. The SMILES string of the molecule is c1ccc(C2=c3ccccc3=[N+]c3ccccc32)cc1. The number of para-hydroxylation sites is 2. The van der Waals surface area contributed by atoms with E-state index in [-0.39, 0.29) is 0 Å². The van der Waals surface area contributed by atoms with Crippen molar-refractivity contribution in [3.63, 3.8) is 0 Å². The van der Waals surface area contributed by atoms with Gasteiger partial charge in [-0.2, -0.15) is 0 Å². The monoisotopic (exact) mass is 255 g/mol. The van der Waals surface area contributed by atoms with E-state index >= 15 is 0 Å². The summed E-state index contributed by atoms with van der Waals surface area (Å²) < 4.78 is 0. The van der Waals surface area contributed by atoms with Crippen molar-refractivity contribution < 1.29 is 0 Å². The van der Waals surface area contributed by atoms with Crippen LogP contribution in [-0.4, -0.2) is 0 Å². The molecule has 0 atom stereocenters. The van der Waals surface area contributed by atoms with Gasteiger partial charge < -0.3 is 0 Å². The summed E-state index contributed by atoms with van der Waals surface area (Å²) >= 11 is 0. The normalized spacial score (nSPS) is 12.3. The summed E-state index contributed by atoms with van der Waals surface area (Å²) in [6.07, 6.45) is 0. The maximum Gasteiger partial charge on any atom is 0.285 e. The van der Waals surface area contributed by atoms with Gasteiger partial charge in [0.05, 0.1) is 15.8 Å². The number of fused-ring (bicyclic) bond motifs is 2. The summed E-state index contributed by atoms with van der Waals surface area (Å²) in [6.45, 7) is 0. The number of benzene rings is 3. The average molecular weight is 255 g/mol. The molecule has 4 rings (SSSR count). The molecule has 3 aromatic rings. The summed E-state index contributed by atoms with van der Waals surface area (Å²) in [5, 5.41) is 2.25. The van der Waals surface area contributed by atoms with Crippen molar-refractivity contribution in [1.29, 1.82) is 0 Å². The third-order valence-electron chi connectivity index (χ3n) is 3.65. The summed E-state index contributed by atoms with van der Waals surface area (Å²) in [5.74, 6) is 0. The standard InChI is InChI=1S/C19H13N/c1-2-8-14(9-3-1)19-15-10-4-6-12-17(15)20-18-13-7-5-11-16(18)19/h1-13H/q+1. The zero-order chi connectivity index (χ0) is 13.4. The fourth-order valence-corrected chi connectivity index (χ4v) is 2.76. The molecule has 0 spiro atoms. The molecule has 0 amide bonds. The first-order valence-electron chi connectivity index (χ1n) is 6.76. The lowest BCUT2D eigenvalue weighted by Crippen LogP contribution is -2.34. The molecule has 0 saturated heterocycles. The second kappa shape index (κ2) is 4.46. The molecule has 1 heteroatoms. The van der Waals surface area contributed by atoms with Gasteiger partial charge in [0.15, 0.2) is 0 Å². The van der Waals surface area contributed by atoms with Crippen LogP contribution in [0, 0.1) is 0 Å². The molecule has 1 radical (unpaired) electrons. The van der Waals surface area contributed by atoms with Crippen molar-refractivity contribution in [2.45, 2.75) is 0 Å². The Morgan fingerprint density at radius 3 is 2.20 bits per heavy atom. The molecule has 3 aromatic carbocycles. The topological polar surface area (TPSA) is 14.1 Å².